The van der Waals surface area contributed by atoms with Gasteiger partial charge in [-0.3, -0.25) is 0 Å². The zero-order valence-electron chi connectivity index (χ0n) is 9.43. The minimum absolute atomic E-state index is 0.247. The molecule has 7 heteroatoms. The molecule has 1 aliphatic rings. The van der Waals surface area contributed by atoms with Gasteiger partial charge in [-0.25, -0.2) is 4.98 Å². The minimum Gasteiger partial charge on any atom is -0.477 e. The van der Waals surface area contributed by atoms with Crippen LogP contribution in [0.3, 0.4) is 0 Å². The van der Waals surface area contributed by atoms with Crippen LogP contribution >= 0.6 is 15.9 Å². The van der Waals surface area contributed by atoms with Gasteiger partial charge in [0.05, 0.1) is 6.61 Å². The Labute approximate surface area is 111 Å². The van der Waals surface area contributed by atoms with Gasteiger partial charge < -0.3 is 10.1 Å². The predicted molar refractivity (Wildman–Crippen MR) is 63.4 cm³/mol. The normalized spacial score (nSPS) is 20.1. The Hall–Kier alpha value is -0.820. The lowest BCUT2D eigenvalue weighted by molar-refractivity contribution is -0.139. The van der Waals surface area contributed by atoms with E-state index in [0.29, 0.717) is 0 Å². The summed E-state index contributed by atoms with van der Waals surface area (Å²) in [5.74, 6) is -0.103. The lowest BCUT2D eigenvalue weighted by Gasteiger charge is -2.15. The highest BCUT2D eigenvalue weighted by Crippen LogP contribution is 2.36. The van der Waals surface area contributed by atoms with Crippen LogP contribution in [0.25, 0.3) is 0 Å². The summed E-state index contributed by atoms with van der Waals surface area (Å²) in [5, 5.41) is 3.13. The summed E-state index contributed by atoms with van der Waals surface area (Å²) >= 11 is 2.98. The first-order chi connectivity index (χ1) is 8.47. The Morgan fingerprint density at radius 2 is 2.28 bits per heavy atom. The lowest BCUT2D eigenvalue weighted by atomic mass is 10.1. The van der Waals surface area contributed by atoms with Gasteiger partial charge in [0, 0.05) is 23.1 Å². The first-order valence-electron chi connectivity index (χ1n) is 5.53. The molecule has 1 aliphatic heterocycles. The quantitative estimate of drug-likeness (QED) is 0.928. The van der Waals surface area contributed by atoms with E-state index >= 15 is 0 Å². The Kier molecular flexibility index (Phi) is 4.11. The largest absolute Gasteiger partial charge is 0.477 e. The van der Waals surface area contributed by atoms with Crippen molar-refractivity contribution in [1.29, 1.82) is 0 Å². The fourth-order valence-corrected chi connectivity index (χ4v) is 2.13. The van der Waals surface area contributed by atoms with Gasteiger partial charge in [-0.1, -0.05) is 0 Å². The molecule has 1 atom stereocenters. The third-order valence-corrected chi connectivity index (χ3v) is 3.17. The summed E-state index contributed by atoms with van der Waals surface area (Å²) in [5.41, 5.74) is -0.845. The van der Waals surface area contributed by atoms with Crippen molar-refractivity contribution in [1.82, 2.24) is 10.3 Å². The van der Waals surface area contributed by atoms with Crippen molar-refractivity contribution in [2.45, 2.75) is 12.6 Å². The van der Waals surface area contributed by atoms with Crippen LogP contribution in [0.4, 0.5) is 13.2 Å². The Morgan fingerprint density at radius 3 is 2.89 bits per heavy atom. The number of halogens is 4. The van der Waals surface area contributed by atoms with Crippen LogP contribution in [0.1, 0.15) is 12.0 Å². The number of rotatable bonds is 3. The third-order valence-electron chi connectivity index (χ3n) is 2.74. The molecule has 1 N–H and O–H groups in total. The number of ether oxygens (including phenoxy) is 1. The molecular formula is C11H12BrF3N2O. The standard InChI is InChI=1S/C11H12BrF3N2O/c12-8-3-9(11(13,14)15)10(17-5-8)18-6-7-1-2-16-4-7/h3,5,7,16H,1-2,4,6H2. The molecule has 1 unspecified atom stereocenters. The summed E-state index contributed by atoms with van der Waals surface area (Å²) in [6.45, 7) is 1.91. The average molecular weight is 325 g/mol. The molecule has 1 fully saturated rings. The second-order valence-electron chi connectivity index (χ2n) is 4.17. The molecule has 18 heavy (non-hydrogen) atoms. The number of nitrogens with one attached hydrogen (secondary N) is 1. The molecule has 0 aliphatic carbocycles. The van der Waals surface area contributed by atoms with E-state index in [1.807, 2.05) is 0 Å². The van der Waals surface area contributed by atoms with Crippen LogP contribution in [0.2, 0.25) is 0 Å². The van der Waals surface area contributed by atoms with Gasteiger partial charge in [-0.05, 0) is 35.0 Å². The highest BCUT2D eigenvalue weighted by Gasteiger charge is 2.35. The van der Waals surface area contributed by atoms with E-state index < -0.39 is 11.7 Å². The molecule has 1 saturated heterocycles. The van der Waals surface area contributed by atoms with Gasteiger partial charge in [-0.15, -0.1) is 0 Å². The van der Waals surface area contributed by atoms with Crippen molar-refractivity contribution in [3.8, 4) is 5.88 Å². The Morgan fingerprint density at radius 1 is 1.50 bits per heavy atom. The fraction of sp³-hybridized carbons (Fsp3) is 0.545. The monoisotopic (exact) mass is 324 g/mol. The summed E-state index contributed by atoms with van der Waals surface area (Å²) < 4.78 is 43.8. The van der Waals surface area contributed by atoms with Gasteiger partial charge >= 0.3 is 6.18 Å². The van der Waals surface area contributed by atoms with E-state index in [9.17, 15) is 13.2 Å². The molecule has 3 nitrogen and oxygen atoms in total. The number of hydrogen-bond acceptors (Lipinski definition) is 3. The van der Waals surface area contributed by atoms with Crippen LogP contribution in [0.15, 0.2) is 16.7 Å². The van der Waals surface area contributed by atoms with Crippen molar-refractivity contribution >= 4 is 15.9 Å². The molecule has 100 valence electrons. The first-order valence-corrected chi connectivity index (χ1v) is 6.32. The van der Waals surface area contributed by atoms with Gasteiger partial charge in [0.2, 0.25) is 5.88 Å². The molecule has 0 spiro atoms. The number of alkyl halides is 3. The van der Waals surface area contributed by atoms with Gasteiger partial charge in [0.15, 0.2) is 0 Å². The second kappa shape index (κ2) is 5.44. The summed E-state index contributed by atoms with van der Waals surface area (Å²) in [7, 11) is 0. The maximum Gasteiger partial charge on any atom is 0.421 e. The number of aromatic nitrogens is 1. The SMILES string of the molecule is FC(F)(F)c1cc(Br)cnc1OCC1CCNC1. The molecule has 2 rings (SSSR count). The van der Waals surface area contributed by atoms with E-state index in [-0.39, 0.29) is 22.9 Å². The topological polar surface area (TPSA) is 34.1 Å². The van der Waals surface area contributed by atoms with E-state index in [1.165, 1.54) is 6.20 Å². The molecule has 2 heterocycles. The van der Waals surface area contributed by atoms with Crippen molar-refractivity contribution in [3.05, 3.63) is 22.3 Å². The Bertz CT molecular complexity index is 419. The summed E-state index contributed by atoms with van der Waals surface area (Å²) in [6, 6.07) is 0.981. The number of hydrogen-bond donors (Lipinski definition) is 1. The van der Waals surface area contributed by atoms with E-state index in [4.69, 9.17) is 4.74 Å². The maximum atomic E-state index is 12.8. The highest BCUT2D eigenvalue weighted by molar-refractivity contribution is 9.10. The van der Waals surface area contributed by atoms with Crippen molar-refractivity contribution in [3.63, 3.8) is 0 Å². The molecule has 0 amide bonds. The molecule has 0 aromatic carbocycles. The smallest absolute Gasteiger partial charge is 0.421 e. The molecule has 0 bridgehead atoms. The Balaban J connectivity index is 2.11. The van der Waals surface area contributed by atoms with Crippen molar-refractivity contribution < 1.29 is 17.9 Å². The summed E-state index contributed by atoms with van der Waals surface area (Å²) in [6.07, 6.45) is -2.24. The van der Waals surface area contributed by atoms with Gasteiger partial charge in [0.25, 0.3) is 0 Å². The van der Waals surface area contributed by atoms with Crippen LogP contribution in [-0.2, 0) is 6.18 Å². The third kappa shape index (κ3) is 3.35. The van der Waals surface area contributed by atoms with Crippen LogP contribution in [0.5, 0.6) is 5.88 Å². The van der Waals surface area contributed by atoms with Crippen LogP contribution < -0.4 is 10.1 Å². The number of nitrogens with zero attached hydrogens (tertiary/aromatic N) is 1. The average Bonchev–Trinajstić information content (AvgIpc) is 2.79. The van der Waals surface area contributed by atoms with Crippen LogP contribution in [0, 0.1) is 5.92 Å². The lowest BCUT2D eigenvalue weighted by Crippen LogP contribution is -2.18. The zero-order valence-corrected chi connectivity index (χ0v) is 11.0. The van der Waals surface area contributed by atoms with E-state index in [0.717, 1.165) is 25.6 Å². The minimum atomic E-state index is -4.46. The summed E-state index contributed by atoms with van der Waals surface area (Å²) in [4.78, 5) is 3.70. The van der Waals surface area contributed by atoms with E-state index in [2.05, 4.69) is 26.2 Å². The fourth-order valence-electron chi connectivity index (χ4n) is 1.80. The van der Waals surface area contributed by atoms with Gasteiger partial charge in [-0.2, -0.15) is 13.2 Å². The molecule has 1 aromatic rings. The van der Waals surface area contributed by atoms with Gasteiger partial charge in [0.1, 0.15) is 5.56 Å². The molecular weight excluding hydrogens is 313 g/mol. The second-order valence-corrected chi connectivity index (χ2v) is 5.09. The highest BCUT2D eigenvalue weighted by atomic mass is 79.9. The predicted octanol–water partition coefficient (Wildman–Crippen LogP) is 2.85. The van der Waals surface area contributed by atoms with Crippen molar-refractivity contribution in [2.75, 3.05) is 19.7 Å². The zero-order chi connectivity index (χ0) is 13.2. The molecule has 0 saturated carbocycles. The van der Waals surface area contributed by atoms with E-state index in [1.54, 1.807) is 0 Å². The first kappa shape index (κ1) is 13.6. The van der Waals surface area contributed by atoms with Crippen molar-refractivity contribution in [2.24, 2.45) is 5.92 Å². The molecule has 0 radical (unpaired) electrons. The molecule has 1 aromatic heterocycles. The van der Waals surface area contributed by atoms with Crippen LogP contribution in [-0.4, -0.2) is 24.7 Å². The maximum absolute atomic E-state index is 12.8. The number of pyridine rings is 1.